The first kappa shape index (κ1) is 26.1. The van der Waals surface area contributed by atoms with Crippen LogP contribution < -0.4 is 20.1 Å². The molecule has 0 spiro atoms. The molecule has 12 heteroatoms. The standard InChI is InChI=1S/C24H28N6O3S3/c1-16(11-25-23-26-14-19(34-3)15-27-23)12-28-24-30-21-9-8-20(10-22(21)35-24)36(31,32)29-13-17-4-6-18(33-2)7-5-17/h4-10,14-16,29H,11-13H2,1-3H3,(H,28,30)(H,25,26,27)/t16-/m0/s1. The second-order valence-electron chi connectivity index (χ2n) is 8.13. The first-order valence-corrected chi connectivity index (χ1v) is 14.8. The number of thiazole rings is 1. The van der Waals surface area contributed by atoms with E-state index in [2.05, 4.69) is 37.2 Å². The second-order valence-corrected chi connectivity index (χ2v) is 11.8. The van der Waals surface area contributed by atoms with E-state index < -0.39 is 10.0 Å². The van der Waals surface area contributed by atoms with Crippen molar-refractivity contribution < 1.29 is 13.2 Å². The highest BCUT2D eigenvalue weighted by atomic mass is 32.2. The number of nitrogens with zero attached hydrogens (tertiary/aromatic N) is 3. The number of anilines is 2. The van der Waals surface area contributed by atoms with Crippen LogP contribution in [-0.4, -0.2) is 49.8 Å². The summed E-state index contributed by atoms with van der Waals surface area (Å²) in [4.78, 5) is 14.4. The topological polar surface area (TPSA) is 118 Å². The van der Waals surface area contributed by atoms with Crippen molar-refractivity contribution in [1.82, 2.24) is 19.7 Å². The predicted molar refractivity (Wildman–Crippen MR) is 147 cm³/mol. The van der Waals surface area contributed by atoms with Crippen LogP contribution in [0.3, 0.4) is 0 Å². The van der Waals surface area contributed by atoms with Crippen LogP contribution in [0.1, 0.15) is 12.5 Å². The van der Waals surface area contributed by atoms with Crippen molar-refractivity contribution in [3.8, 4) is 5.75 Å². The molecular formula is C24H28N6O3S3. The summed E-state index contributed by atoms with van der Waals surface area (Å²) in [6, 6.07) is 12.2. The number of fused-ring (bicyclic) bond motifs is 1. The summed E-state index contributed by atoms with van der Waals surface area (Å²) in [6.07, 6.45) is 5.59. The second kappa shape index (κ2) is 11.9. The van der Waals surface area contributed by atoms with Gasteiger partial charge in [0, 0.05) is 36.9 Å². The molecule has 2 aromatic carbocycles. The van der Waals surface area contributed by atoms with E-state index in [4.69, 9.17) is 4.74 Å². The fraction of sp³-hybridized carbons (Fsp3) is 0.292. The normalized spacial score (nSPS) is 12.4. The van der Waals surface area contributed by atoms with Crippen LogP contribution in [0.15, 0.2) is 64.6 Å². The molecule has 3 N–H and O–H groups in total. The number of ether oxygens (including phenoxy) is 1. The molecule has 9 nitrogen and oxygen atoms in total. The summed E-state index contributed by atoms with van der Waals surface area (Å²) in [6.45, 7) is 3.71. The number of hydrogen-bond donors (Lipinski definition) is 3. The molecule has 0 unspecified atom stereocenters. The maximum absolute atomic E-state index is 12.8. The van der Waals surface area contributed by atoms with Gasteiger partial charge in [-0.3, -0.25) is 0 Å². The summed E-state index contributed by atoms with van der Waals surface area (Å²) in [5.74, 6) is 1.62. The lowest BCUT2D eigenvalue weighted by Crippen LogP contribution is -2.23. The van der Waals surface area contributed by atoms with Crippen molar-refractivity contribution in [2.24, 2.45) is 5.92 Å². The van der Waals surface area contributed by atoms with Crippen LogP contribution in [0.25, 0.3) is 10.2 Å². The zero-order chi connectivity index (χ0) is 25.5. The molecule has 0 aliphatic heterocycles. The summed E-state index contributed by atoms with van der Waals surface area (Å²) in [7, 11) is -2.07. The first-order valence-electron chi connectivity index (χ1n) is 11.2. The Morgan fingerprint density at radius 3 is 2.47 bits per heavy atom. The quantitative estimate of drug-likeness (QED) is 0.222. The average molecular weight is 545 g/mol. The SMILES string of the molecule is COc1ccc(CNS(=O)(=O)c2ccc3nc(NC[C@@H](C)CNc4ncc(SC)cn4)sc3c2)cc1. The highest BCUT2D eigenvalue weighted by molar-refractivity contribution is 7.98. The van der Waals surface area contributed by atoms with Gasteiger partial charge in [-0.25, -0.2) is 28.1 Å². The number of rotatable bonds is 12. The van der Waals surface area contributed by atoms with E-state index in [1.165, 1.54) is 11.3 Å². The van der Waals surface area contributed by atoms with Gasteiger partial charge in [-0.2, -0.15) is 0 Å². The summed E-state index contributed by atoms with van der Waals surface area (Å²) in [5.41, 5.74) is 1.60. The van der Waals surface area contributed by atoms with Crippen LogP contribution in [0, 0.1) is 5.92 Å². The summed E-state index contributed by atoms with van der Waals surface area (Å²) >= 11 is 3.04. The third-order valence-electron chi connectivity index (χ3n) is 5.37. The maximum atomic E-state index is 12.8. The van der Waals surface area contributed by atoms with Crippen LogP contribution in [0.5, 0.6) is 5.75 Å². The number of sulfonamides is 1. The molecule has 36 heavy (non-hydrogen) atoms. The third kappa shape index (κ3) is 6.84. The van der Waals surface area contributed by atoms with Gasteiger partial charge in [0.15, 0.2) is 5.13 Å². The minimum atomic E-state index is -3.66. The van der Waals surface area contributed by atoms with Crippen molar-refractivity contribution in [1.29, 1.82) is 0 Å². The van der Waals surface area contributed by atoms with Crippen molar-refractivity contribution in [2.45, 2.75) is 23.3 Å². The van der Waals surface area contributed by atoms with E-state index in [-0.39, 0.29) is 11.4 Å². The van der Waals surface area contributed by atoms with Gasteiger partial charge in [0.05, 0.1) is 22.2 Å². The van der Waals surface area contributed by atoms with Gasteiger partial charge in [0.2, 0.25) is 16.0 Å². The molecular weight excluding hydrogens is 517 g/mol. The van der Waals surface area contributed by atoms with Crippen LogP contribution >= 0.6 is 23.1 Å². The fourth-order valence-corrected chi connectivity index (χ4v) is 5.61. The van der Waals surface area contributed by atoms with Crippen molar-refractivity contribution in [3.05, 3.63) is 60.4 Å². The highest BCUT2D eigenvalue weighted by Gasteiger charge is 2.16. The molecule has 0 saturated carbocycles. The molecule has 4 aromatic rings. The van der Waals surface area contributed by atoms with E-state index in [0.29, 0.717) is 25.0 Å². The summed E-state index contributed by atoms with van der Waals surface area (Å²) < 4.78 is 34.3. The largest absolute Gasteiger partial charge is 0.497 e. The van der Waals surface area contributed by atoms with Gasteiger partial charge < -0.3 is 15.4 Å². The lowest BCUT2D eigenvalue weighted by Gasteiger charge is -2.13. The molecule has 4 rings (SSSR count). The zero-order valence-corrected chi connectivity index (χ0v) is 22.6. The number of hydrogen-bond acceptors (Lipinski definition) is 10. The van der Waals surface area contributed by atoms with Crippen molar-refractivity contribution in [2.75, 3.05) is 37.1 Å². The minimum absolute atomic E-state index is 0.193. The van der Waals surface area contributed by atoms with Crippen molar-refractivity contribution in [3.63, 3.8) is 0 Å². The van der Waals surface area contributed by atoms with Crippen LogP contribution in [0.4, 0.5) is 11.1 Å². The number of benzene rings is 2. The molecule has 0 aliphatic carbocycles. The maximum Gasteiger partial charge on any atom is 0.240 e. The van der Waals surface area contributed by atoms with Crippen molar-refractivity contribution >= 4 is 54.4 Å². The van der Waals surface area contributed by atoms with E-state index in [1.54, 1.807) is 61.6 Å². The Kier molecular flexibility index (Phi) is 8.62. The Balaban J connectivity index is 1.32. The molecule has 2 aromatic heterocycles. The number of thioether (sulfide) groups is 1. The monoisotopic (exact) mass is 544 g/mol. The minimum Gasteiger partial charge on any atom is -0.497 e. The van der Waals surface area contributed by atoms with Gasteiger partial charge in [0.1, 0.15) is 5.75 Å². The number of methoxy groups -OCH3 is 1. The molecule has 0 amide bonds. The predicted octanol–water partition coefficient (Wildman–Crippen LogP) is 4.46. The van der Waals surface area contributed by atoms with E-state index in [9.17, 15) is 8.42 Å². The molecule has 1 atom stereocenters. The zero-order valence-electron chi connectivity index (χ0n) is 20.2. The highest BCUT2D eigenvalue weighted by Crippen LogP contribution is 2.28. The summed E-state index contributed by atoms with van der Waals surface area (Å²) in [5, 5.41) is 7.34. The molecule has 0 radical (unpaired) electrons. The Morgan fingerprint density at radius 1 is 1.06 bits per heavy atom. The smallest absolute Gasteiger partial charge is 0.240 e. The Morgan fingerprint density at radius 2 is 1.78 bits per heavy atom. The Labute approximate surface area is 219 Å². The molecule has 2 heterocycles. The average Bonchev–Trinajstić information content (AvgIpc) is 3.32. The number of aromatic nitrogens is 3. The van der Waals surface area contributed by atoms with Gasteiger partial charge >= 0.3 is 0 Å². The molecule has 0 aliphatic rings. The number of nitrogens with one attached hydrogen (secondary N) is 3. The van der Waals surface area contributed by atoms with E-state index in [0.717, 1.165) is 31.6 Å². The van der Waals surface area contributed by atoms with Gasteiger partial charge in [0.25, 0.3) is 0 Å². The van der Waals surface area contributed by atoms with E-state index >= 15 is 0 Å². The third-order valence-corrected chi connectivity index (χ3v) is 8.43. The van der Waals surface area contributed by atoms with Crippen LogP contribution in [-0.2, 0) is 16.6 Å². The lowest BCUT2D eigenvalue weighted by atomic mass is 10.2. The first-order chi connectivity index (χ1) is 17.4. The van der Waals surface area contributed by atoms with Gasteiger partial charge in [-0.05, 0) is 48.1 Å². The molecule has 0 fully saturated rings. The fourth-order valence-electron chi connectivity index (χ4n) is 3.26. The van der Waals surface area contributed by atoms with Gasteiger partial charge in [-0.1, -0.05) is 30.4 Å². The molecule has 0 saturated heterocycles. The van der Waals surface area contributed by atoms with E-state index in [1.807, 2.05) is 18.4 Å². The molecule has 0 bridgehead atoms. The molecule has 190 valence electrons. The Bertz CT molecular complexity index is 1390. The lowest BCUT2D eigenvalue weighted by molar-refractivity contribution is 0.414. The van der Waals surface area contributed by atoms with Gasteiger partial charge in [-0.15, -0.1) is 11.8 Å². The Hall–Kier alpha value is -2.93. The van der Waals surface area contributed by atoms with Crippen LogP contribution in [0.2, 0.25) is 0 Å².